The predicted molar refractivity (Wildman–Crippen MR) is 36.5 cm³/mol. The molecule has 0 aromatic heterocycles. The van der Waals surface area contributed by atoms with Crippen molar-refractivity contribution >= 4 is 0 Å². The van der Waals surface area contributed by atoms with Crippen LogP contribution in [0.4, 0.5) is 0 Å². The zero-order valence-electron chi connectivity index (χ0n) is 5.94. The van der Waals surface area contributed by atoms with Crippen LogP contribution in [0.25, 0.3) is 0 Å². The molecule has 1 N–H and O–H groups in total. The molecule has 0 aliphatic heterocycles. The molecule has 0 heterocycles. The van der Waals surface area contributed by atoms with Crippen LogP contribution in [0.1, 0.15) is 6.92 Å². The Kier molecular flexibility index (Phi) is 3.83. The zero-order chi connectivity index (χ0) is 6.57. The second kappa shape index (κ2) is 3.87. The Hall–Kier alpha value is -0.0800. The molecule has 0 amide bonds. The highest BCUT2D eigenvalue weighted by atomic mass is 15.1. The van der Waals surface area contributed by atoms with Crippen LogP contribution in [-0.2, 0) is 0 Å². The minimum atomic E-state index is 0.491. The Labute approximate surface area is 51.9 Å². The van der Waals surface area contributed by atoms with Crippen molar-refractivity contribution in [2.45, 2.75) is 13.0 Å². The van der Waals surface area contributed by atoms with Gasteiger partial charge in [-0.25, -0.2) is 0 Å². The molecule has 49 valence electrons. The van der Waals surface area contributed by atoms with Gasteiger partial charge in [0, 0.05) is 19.6 Å². The maximum Gasteiger partial charge on any atom is 0.0167 e. The fraction of sp³-hybridized carbons (Fsp3) is 0.833. The third kappa shape index (κ3) is 4.09. The van der Waals surface area contributed by atoms with Crippen LogP contribution in [-0.4, -0.2) is 31.6 Å². The maximum atomic E-state index is 3.56. The minimum Gasteiger partial charge on any atom is -0.312 e. The predicted octanol–water partition coefficient (Wildman–Crippen LogP) is 0.318. The fourth-order valence-corrected chi connectivity index (χ4v) is 0.612. The summed E-state index contributed by atoms with van der Waals surface area (Å²) < 4.78 is 0. The van der Waals surface area contributed by atoms with Crippen molar-refractivity contribution in [3.8, 4) is 0 Å². The molecular weight excluding hydrogens is 100 g/mol. The van der Waals surface area contributed by atoms with Gasteiger partial charge in [0.05, 0.1) is 0 Å². The average Bonchev–Trinajstić information content (AvgIpc) is 1.65. The Morgan fingerprint density at radius 2 is 2.12 bits per heavy atom. The summed E-state index contributed by atoms with van der Waals surface area (Å²) in [6.07, 6.45) is 0. The number of rotatable bonds is 3. The quantitative estimate of drug-likeness (QED) is 0.569. The van der Waals surface area contributed by atoms with E-state index in [2.05, 4.69) is 24.2 Å². The summed E-state index contributed by atoms with van der Waals surface area (Å²) >= 11 is 0. The number of hydrogen-bond acceptors (Lipinski definition) is 2. The van der Waals surface area contributed by atoms with Gasteiger partial charge in [0.1, 0.15) is 0 Å². The highest BCUT2D eigenvalue weighted by molar-refractivity contribution is 4.60. The fourth-order valence-electron chi connectivity index (χ4n) is 0.612. The minimum absolute atomic E-state index is 0.491. The molecule has 0 saturated carbocycles. The number of nitrogens with one attached hydrogen (secondary N) is 1. The van der Waals surface area contributed by atoms with E-state index >= 15 is 0 Å². The molecule has 1 radical (unpaired) electrons. The van der Waals surface area contributed by atoms with Crippen LogP contribution in [0, 0.1) is 7.05 Å². The van der Waals surface area contributed by atoms with E-state index in [1.807, 2.05) is 14.1 Å². The van der Waals surface area contributed by atoms with Crippen molar-refractivity contribution in [3.05, 3.63) is 7.05 Å². The van der Waals surface area contributed by atoms with E-state index in [1.165, 1.54) is 0 Å². The summed E-state index contributed by atoms with van der Waals surface area (Å²) in [7, 11) is 7.66. The molecular formula is C6H15N2. The van der Waals surface area contributed by atoms with Gasteiger partial charge >= 0.3 is 0 Å². The van der Waals surface area contributed by atoms with Crippen LogP contribution in [0.2, 0.25) is 0 Å². The molecule has 0 rings (SSSR count). The van der Waals surface area contributed by atoms with Gasteiger partial charge in [-0.1, -0.05) is 0 Å². The van der Waals surface area contributed by atoms with Gasteiger partial charge < -0.3 is 10.2 Å². The van der Waals surface area contributed by atoms with Crippen LogP contribution in [0.5, 0.6) is 0 Å². The van der Waals surface area contributed by atoms with Gasteiger partial charge in [-0.3, -0.25) is 0 Å². The van der Waals surface area contributed by atoms with Gasteiger partial charge in [-0.2, -0.15) is 0 Å². The van der Waals surface area contributed by atoms with Crippen LogP contribution in [0.15, 0.2) is 0 Å². The second-order valence-electron chi connectivity index (χ2n) is 2.37. The van der Waals surface area contributed by atoms with E-state index in [0.717, 1.165) is 6.54 Å². The molecule has 0 aliphatic carbocycles. The van der Waals surface area contributed by atoms with E-state index in [-0.39, 0.29) is 0 Å². The number of likely N-dealkylation sites (N-methyl/N-ethyl adjacent to an activating group) is 1. The zero-order valence-corrected chi connectivity index (χ0v) is 5.94. The van der Waals surface area contributed by atoms with Crippen LogP contribution >= 0.6 is 0 Å². The van der Waals surface area contributed by atoms with Crippen molar-refractivity contribution in [3.63, 3.8) is 0 Å². The lowest BCUT2D eigenvalue weighted by Crippen LogP contribution is -2.31. The monoisotopic (exact) mass is 115 g/mol. The normalized spacial score (nSPS) is 14.6. The lowest BCUT2D eigenvalue weighted by atomic mass is 10.3. The molecule has 1 atom stereocenters. The first kappa shape index (κ1) is 7.92. The van der Waals surface area contributed by atoms with Gasteiger partial charge in [-0.15, -0.1) is 0 Å². The SMILES string of the molecule is [CH2]NC(C)CN(C)C. The van der Waals surface area contributed by atoms with Crippen molar-refractivity contribution < 1.29 is 0 Å². The number of nitrogens with zero attached hydrogens (tertiary/aromatic N) is 1. The summed E-state index contributed by atoms with van der Waals surface area (Å²) in [4.78, 5) is 2.13. The first-order valence-electron chi connectivity index (χ1n) is 2.84. The third-order valence-corrected chi connectivity index (χ3v) is 0.987. The highest BCUT2D eigenvalue weighted by Crippen LogP contribution is 1.81. The third-order valence-electron chi connectivity index (χ3n) is 0.987. The summed E-state index contributed by atoms with van der Waals surface area (Å²) in [5.74, 6) is 0. The summed E-state index contributed by atoms with van der Waals surface area (Å²) in [6, 6.07) is 0.491. The van der Waals surface area contributed by atoms with E-state index in [1.54, 1.807) is 0 Å². The molecule has 0 bridgehead atoms. The molecule has 0 saturated heterocycles. The molecule has 0 fully saturated rings. The first-order chi connectivity index (χ1) is 3.66. The Bertz CT molecular complexity index is 52.5. The summed E-state index contributed by atoms with van der Waals surface area (Å²) in [5, 5.41) is 2.90. The topological polar surface area (TPSA) is 15.3 Å². The standard InChI is InChI=1S/C6H15N2/c1-6(7-2)5-8(3)4/h6-7H,2,5H2,1,3-4H3. The van der Waals surface area contributed by atoms with E-state index in [9.17, 15) is 0 Å². The Balaban J connectivity index is 3.10. The van der Waals surface area contributed by atoms with Crippen molar-refractivity contribution in [1.82, 2.24) is 10.2 Å². The lowest BCUT2D eigenvalue weighted by molar-refractivity contribution is 0.365. The summed E-state index contributed by atoms with van der Waals surface area (Å²) in [6.45, 7) is 3.15. The molecule has 1 unspecified atom stereocenters. The van der Waals surface area contributed by atoms with Crippen LogP contribution < -0.4 is 5.32 Å². The maximum absolute atomic E-state index is 3.56. The molecule has 0 spiro atoms. The molecule has 8 heavy (non-hydrogen) atoms. The molecule has 2 heteroatoms. The number of hydrogen-bond donors (Lipinski definition) is 1. The van der Waals surface area contributed by atoms with E-state index in [0.29, 0.717) is 6.04 Å². The van der Waals surface area contributed by atoms with Gasteiger partial charge in [0.2, 0.25) is 0 Å². The highest BCUT2D eigenvalue weighted by Gasteiger charge is 1.96. The molecule has 2 nitrogen and oxygen atoms in total. The molecule has 0 aromatic carbocycles. The molecule has 0 aromatic rings. The van der Waals surface area contributed by atoms with Crippen LogP contribution in [0.3, 0.4) is 0 Å². The van der Waals surface area contributed by atoms with Crippen molar-refractivity contribution in [1.29, 1.82) is 0 Å². The van der Waals surface area contributed by atoms with Gasteiger partial charge in [0.25, 0.3) is 0 Å². The van der Waals surface area contributed by atoms with E-state index < -0.39 is 0 Å². The molecule has 0 aliphatic rings. The van der Waals surface area contributed by atoms with Crippen molar-refractivity contribution in [2.75, 3.05) is 20.6 Å². The Morgan fingerprint density at radius 3 is 2.25 bits per heavy atom. The first-order valence-corrected chi connectivity index (χ1v) is 2.84. The summed E-state index contributed by atoms with van der Waals surface area (Å²) in [5.41, 5.74) is 0. The van der Waals surface area contributed by atoms with E-state index in [4.69, 9.17) is 0 Å². The smallest absolute Gasteiger partial charge is 0.0167 e. The van der Waals surface area contributed by atoms with Crippen molar-refractivity contribution in [2.24, 2.45) is 0 Å². The lowest BCUT2D eigenvalue weighted by Gasteiger charge is -2.14. The van der Waals surface area contributed by atoms with Gasteiger partial charge in [-0.05, 0) is 21.0 Å². The Morgan fingerprint density at radius 1 is 1.62 bits per heavy atom. The largest absolute Gasteiger partial charge is 0.312 e. The average molecular weight is 115 g/mol. The van der Waals surface area contributed by atoms with Gasteiger partial charge in [0.15, 0.2) is 0 Å². The second-order valence-corrected chi connectivity index (χ2v) is 2.37.